The van der Waals surface area contributed by atoms with Crippen LogP contribution in [0.15, 0.2) is 46.8 Å². The number of hydrogen-bond donors (Lipinski definition) is 4. The SMILES string of the molecule is CC1=NC(N(N)CC2CN(Cc3ccccc3)CCO2)C(N)=C(N)N1. The first-order chi connectivity index (χ1) is 12.0. The molecule has 2 heterocycles. The quantitative estimate of drug-likeness (QED) is 0.419. The highest BCUT2D eigenvalue weighted by Gasteiger charge is 2.28. The summed E-state index contributed by atoms with van der Waals surface area (Å²) in [6.07, 6.45) is -0.462. The topological polar surface area (TPSA) is 118 Å². The Hall–Kier alpha value is -2.13. The zero-order valence-corrected chi connectivity index (χ0v) is 14.6. The predicted molar refractivity (Wildman–Crippen MR) is 97.8 cm³/mol. The minimum atomic E-state index is -0.464. The molecule has 0 saturated carbocycles. The highest BCUT2D eigenvalue weighted by Crippen LogP contribution is 2.15. The molecule has 0 spiro atoms. The van der Waals surface area contributed by atoms with E-state index >= 15 is 0 Å². The van der Waals surface area contributed by atoms with Gasteiger partial charge in [-0.25, -0.2) is 10.0 Å². The van der Waals surface area contributed by atoms with Gasteiger partial charge in [0.1, 0.15) is 11.7 Å². The Balaban J connectivity index is 1.58. The number of morpholine rings is 1. The predicted octanol–water partition coefficient (Wildman–Crippen LogP) is -0.503. The number of nitrogens with one attached hydrogen (secondary N) is 1. The fourth-order valence-electron chi connectivity index (χ4n) is 3.16. The average molecular weight is 345 g/mol. The number of ether oxygens (including phenoxy) is 1. The van der Waals surface area contributed by atoms with Gasteiger partial charge in [0.25, 0.3) is 0 Å². The highest BCUT2D eigenvalue weighted by atomic mass is 16.5. The van der Waals surface area contributed by atoms with Gasteiger partial charge in [0.2, 0.25) is 0 Å². The molecule has 2 unspecified atom stereocenters. The second-order valence-corrected chi connectivity index (χ2v) is 6.49. The number of nitrogens with two attached hydrogens (primary N) is 3. The van der Waals surface area contributed by atoms with Gasteiger partial charge in [-0.2, -0.15) is 0 Å². The number of nitrogens with zero attached hydrogens (tertiary/aromatic N) is 3. The molecular weight excluding hydrogens is 318 g/mol. The highest BCUT2D eigenvalue weighted by molar-refractivity contribution is 5.82. The average Bonchev–Trinajstić information content (AvgIpc) is 2.59. The lowest BCUT2D eigenvalue weighted by Gasteiger charge is -2.36. The molecule has 1 aromatic rings. The number of hydrogen-bond acceptors (Lipinski definition) is 8. The lowest BCUT2D eigenvalue weighted by molar-refractivity contribution is -0.0495. The molecule has 2 aliphatic rings. The second kappa shape index (κ2) is 7.83. The lowest BCUT2D eigenvalue weighted by atomic mass is 10.2. The number of benzene rings is 1. The molecule has 1 fully saturated rings. The van der Waals surface area contributed by atoms with Gasteiger partial charge in [-0.15, -0.1) is 0 Å². The summed E-state index contributed by atoms with van der Waals surface area (Å²) < 4.78 is 5.88. The van der Waals surface area contributed by atoms with Crippen LogP contribution in [0.25, 0.3) is 0 Å². The van der Waals surface area contributed by atoms with Crippen molar-refractivity contribution >= 4 is 5.84 Å². The standard InChI is InChI=1S/C17H27N7O/c1-12-21-16(19)15(18)17(22-12)24(20)11-14-10-23(7-8-25-14)9-13-5-3-2-4-6-13/h2-6,14,17H,7-11,18-20H2,1H3,(H,21,22). The molecule has 0 radical (unpaired) electrons. The summed E-state index contributed by atoms with van der Waals surface area (Å²) in [7, 11) is 0. The van der Waals surface area contributed by atoms with Crippen molar-refractivity contribution in [1.82, 2.24) is 15.2 Å². The van der Waals surface area contributed by atoms with Gasteiger partial charge < -0.3 is 21.5 Å². The van der Waals surface area contributed by atoms with Crippen molar-refractivity contribution in [3.8, 4) is 0 Å². The van der Waals surface area contributed by atoms with Crippen molar-refractivity contribution < 1.29 is 4.74 Å². The molecule has 8 nitrogen and oxygen atoms in total. The molecule has 0 aliphatic carbocycles. The van der Waals surface area contributed by atoms with Gasteiger partial charge in [-0.3, -0.25) is 10.7 Å². The van der Waals surface area contributed by atoms with Crippen LogP contribution in [-0.2, 0) is 11.3 Å². The number of aliphatic imine (C=N–C) groups is 1. The monoisotopic (exact) mass is 345 g/mol. The zero-order chi connectivity index (χ0) is 17.8. The molecule has 1 aromatic carbocycles. The molecule has 0 aromatic heterocycles. The Morgan fingerprint density at radius 2 is 2.08 bits per heavy atom. The molecule has 2 aliphatic heterocycles. The van der Waals surface area contributed by atoms with Crippen molar-refractivity contribution in [3.63, 3.8) is 0 Å². The van der Waals surface area contributed by atoms with Crippen LogP contribution in [-0.4, -0.2) is 54.3 Å². The lowest BCUT2D eigenvalue weighted by Crippen LogP contribution is -2.54. The summed E-state index contributed by atoms with van der Waals surface area (Å²) in [4.78, 5) is 6.82. The van der Waals surface area contributed by atoms with E-state index in [2.05, 4.69) is 39.5 Å². The maximum Gasteiger partial charge on any atom is 0.160 e. The summed E-state index contributed by atoms with van der Waals surface area (Å²) in [5.74, 6) is 7.32. The molecular formula is C17H27N7O. The molecule has 0 amide bonds. The van der Waals surface area contributed by atoms with Gasteiger partial charge >= 0.3 is 0 Å². The van der Waals surface area contributed by atoms with Crippen LogP contribution in [0.3, 0.4) is 0 Å². The first-order valence-corrected chi connectivity index (χ1v) is 8.48. The smallest absolute Gasteiger partial charge is 0.160 e. The van der Waals surface area contributed by atoms with E-state index in [0.29, 0.717) is 30.5 Å². The van der Waals surface area contributed by atoms with Crippen LogP contribution in [0.5, 0.6) is 0 Å². The minimum Gasteiger partial charge on any atom is -0.396 e. The molecule has 3 rings (SSSR count). The number of rotatable bonds is 5. The molecule has 136 valence electrons. The van der Waals surface area contributed by atoms with Crippen molar-refractivity contribution in [2.75, 3.05) is 26.2 Å². The van der Waals surface area contributed by atoms with Crippen molar-refractivity contribution in [2.45, 2.75) is 25.7 Å². The molecule has 25 heavy (non-hydrogen) atoms. The summed E-state index contributed by atoms with van der Waals surface area (Å²) in [5.41, 5.74) is 13.6. The summed E-state index contributed by atoms with van der Waals surface area (Å²) in [6.45, 7) is 5.68. The molecule has 2 atom stereocenters. The number of hydrazine groups is 1. The molecule has 8 heteroatoms. The third-order valence-corrected chi connectivity index (χ3v) is 4.42. The van der Waals surface area contributed by atoms with E-state index in [-0.39, 0.29) is 6.10 Å². The largest absolute Gasteiger partial charge is 0.396 e. The Kier molecular flexibility index (Phi) is 5.54. The van der Waals surface area contributed by atoms with E-state index in [1.54, 1.807) is 5.01 Å². The minimum absolute atomic E-state index is 0.00174. The van der Waals surface area contributed by atoms with E-state index < -0.39 is 6.17 Å². The zero-order valence-electron chi connectivity index (χ0n) is 14.6. The van der Waals surface area contributed by atoms with E-state index in [4.69, 9.17) is 22.0 Å². The molecule has 1 saturated heterocycles. The summed E-state index contributed by atoms with van der Waals surface area (Å²) in [5, 5.41) is 4.51. The normalized spacial score (nSPS) is 25.0. The van der Waals surface area contributed by atoms with Crippen molar-refractivity contribution in [2.24, 2.45) is 22.3 Å². The van der Waals surface area contributed by atoms with Crippen LogP contribution < -0.4 is 22.6 Å². The Bertz CT molecular complexity index is 646. The molecule has 0 bridgehead atoms. The molecule has 7 N–H and O–H groups in total. The Labute approximate surface area is 148 Å². The first kappa shape index (κ1) is 17.7. The Morgan fingerprint density at radius 1 is 1.32 bits per heavy atom. The Morgan fingerprint density at radius 3 is 2.84 bits per heavy atom. The van der Waals surface area contributed by atoms with Gasteiger partial charge in [-0.05, 0) is 12.5 Å². The van der Waals surface area contributed by atoms with Crippen molar-refractivity contribution in [3.05, 3.63) is 47.4 Å². The summed E-state index contributed by atoms with van der Waals surface area (Å²) in [6, 6.07) is 10.4. The maximum absolute atomic E-state index is 6.22. The van der Waals surface area contributed by atoms with Crippen molar-refractivity contribution in [1.29, 1.82) is 0 Å². The van der Waals surface area contributed by atoms with Gasteiger partial charge in [0.05, 0.1) is 18.4 Å². The first-order valence-electron chi connectivity index (χ1n) is 8.48. The summed E-state index contributed by atoms with van der Waals surface area (Å²) >= 11 is 0. The number of amidine groups is 1. The van der Waals surface area contributed by atoms with Gasteiger partial charge in [-0.1, -0.05) is 30.3 Å². The van der Waals surface area contributed by atoms with Crippen LogP contribution in [0.2, 0.25) is 0 Å². The fourth-order valence-corrected chi connectivity index (χ4v) is 3.16. The van der Waals surface area contributed by atoms with Crippen LogP contribution >= 0.6 is 0 Å². The maximum atomic E-state index is 6.22. The van der Waals surface area contributed by atoms with E-state index in [9.17, 15) is 0 Å². The van der Waals surface area contributed by atoms with E-state index in [0.717, 1.165) is 19.6 Å². The van der Waals surface area contributed by atoms with Gasteiger partial charge in [0.15, 0.2) is 6.17 Å². The van der Waals surface area contributed by atoms with E-state index in [1.807, 2.05) is 13.0 Å². The van der Waals surface area contributed by atoms with Crippen LogP contribution in [0, 0.1) is 0 Å². The second-order valence-electron chi connectivity index (χ2n) is 6.49. The third kappa shape index (κ3) is 4.49. The van der Waals surface area contributed by atoms with E-state index in [1.165, 1.54) is 5.56 Å². The van der Waals surface area contributed by atoms with Crippen LogP contribution in [0.4, 0.5) is 0 Å². The van der Waals surface area contributed by atoms with Gasteiger partial charge in [0, 0.05) is 26.2 Å². The fraction of sp³-hybridized carbons (Fsp3) is 0.471. The third-order valence-electron chi connectivity index (χ3n) is 4.42. The van der Waals surface area contributed by atoms with Crippen LogP contribution in [0.1, 0.15) is 12.5 Å².